The number of hydrogen-bond acceptors (Lipinski definition) is 6. The van der Waals surface area contributed by atoms with Crippen LogP contribution in [0.4, 0.5) is 0 Å². The number of likely N-dealkylation sites (N-methyl/N-ethyl adjacent to an activating group) is 1. The van der Waals surface area contributed by atoms with E-state index in [1.807, 2.05) is 36.4 Å². The first kappa shape index (κ1) is 28.1. The largest absolute Gasteiger partial charge is 0.425 e. The molecule has 4 aromatic rings. The quantitative estimate of drug-likeness (QED) is 0.233. The molecule has 41 heavy (non-hydrogen) atoms. The van der Waals surface area contributed by atoms with Crippen molar-refractivity contribution in [1.29, 1.82) is 0 Å². The molecular weight excluding hydrogens is 556 g/mol. The lowest BCUT2D eigenvalue weighted by atomic mass is 9.92. The summed E-state index contributed by atoms with van der Waals surface area (Å²) < 4.78 is 34.3. The van der Waals surface area contributed by atoms with Crippen LogP contribution in [0.2, 0.25) is 5.02 Å². The predicted octanol–water partition coefficient (Wildman–Crippen LogP) is 5.77. The highest BCUT2D eigenvalue weighted by atomic mass is 35.5. The molecule has 1 aliphatic heterocycles. The standard InChI is InChI=1S/C32H35ClN4O3S/c1-36(41(38,39)29-10-6-3-7-11-29)23-32(26-12-14-28(33)15-13-26)21-27(32)22-37-18-16-25(17-19-37)31-35-34-30(40-31)20-24-8-4-2-5-9-24/h2-15,25,27H,16-23H2,1H3/t27-,32+/m0/s1. The van der Waals surface area contributed by atoms with Crippen LogP contribution in [-0.4, -0.2) is 61.0 Å². The Hall–Kier alpha value is -3.04. The van der Waals surface area contributed by atoms with E-state index in [9.17, 15) is 8.42 Å². The van der Waals surface area contributed by atoms with Gasteiger partial charge in [-0.05, 0) is 73.7 Å². The minimum atomic E-state index is -3.59. The molecule has 0 amide bonds. The molecule has 0 bridgehead atoms. The molecule has 3 aromatic carbocycles. The molecule has 1 saturated carbocycles. The first-order valence-electron chi connectivity index (χ1n) is 14.2. The molecule has 2 heterocycles. The van der Waals surface area contributed by atoms with Gasteiger partial charge < -0.3 is 9.32 Å². The highest BCUT2D eigenvalue weighted by Crippen LogP contribution is 2.55. The van der Waals surface area contributed by atoms with Crippen LogP contribution < -0.4 is 0 Å². The van der Waals surface area contributed by atoms with E-state index < -0.39 is 10.0 Å². The number of rotatable bonds is 10. The number of halogens is 1. The molecule has 9 heteroatoms. The van der Waals surface area contributed by atoms with Crippen LogP contribution in [0.5, 0.6) is 0 Å². The summed E-state index contributed by atoms with van der Waals surface area (Å²) in [6, 6.07) is 26.8. The van der Waals surface area contributed by atoms with Crippen molar-refractivity contribution in [3.8, 4) is 0 Å². The molecular formula is C32H35ClN4O3S. The first-order valence-corrected chi connectivity index (χ1v) is 16.0. The van der Waals surface area contributed by atoms with Crippen LogP contribution in [0.3, 0.4) is 0 Å². The molecule has 6 rings (SSSR count). The van der Waals surface area contributed by atoms with Crippen LogP contribution in [-0.2, 0) is 21.9 Å². The summed E-state index contributed by atoms with van der Waals surface area (Å²) in [6.07, 6.45) is 3.52. The number of hydrogen-bond donors (Lipinski definition) is 0. The third-order valence-electron chi connectivity index (χ3n) is 8.70. The average molecular weight is 591 g/mol. The second-order valence-electron chi connectivity index (χ2n) is 11.4. The zero-order valence-corrected chi connectivity index (χ0v) is 24.8. The second-order valence-corrected chi connectivity index (χ2v) is 13.9. The van der Waals surface area contributed by atoms with Crippen molar-refractivity contribution in [2.75, 3.05) is 33.2 Å². The van der Waals surface area contributed by atoms with Gasteiger partial charge in [0, 0.05) is 36.5 Å². The van der Waals surface area contributed by atoms with Crippen LogP contribution >= 0.6 is 11.6 Å². The number of likely N-dealkylation sites (tertiary alicyclic amines) is 1. The monoisotopic (exact) mass is 590 g/mol. The smallest absolute Gasteiger partial charge is 0.242 e. The topological polar surface area (TPSA) is 79.5 Å². The molecule has 0 radical (unpaired) electrons. The molecule has 7 nitrogen and oxygen atoms in total. The SMILES string of the molecule is CN(C[C@@]1(c2ccc(Cl)cc2)C[C@H]1CN1CCC(c2nnc(Cc3ccccc3)o2)CC1)S(=O)(=O)c1ccccc1. The molecule has 2 aliphatic rings. The summed E-state index contributed by atoms with van der Waals surface area (Å²) in [5.41, 5.74) is 2.07. The Balaban J connectivity index is 1.10. The van der Waals surface area contributed by atoms with Gasteiger partial charge in [-0.1, -0.05) is 72.3 Å². The van der Waals surface area contributed by atoms with Crippen molar-refractivity contribution in [2.24, 2.45) is 5.92 Å². The summed E-state index contributed by atoms with van der Waals surface area (Å²) in [4.78, 5) is 2.83. The van der Waals surface area contributed by atoms with Gasteiger partial charge in [0.2, 0.25) is 21.8 Å². The number of sulfonamides is 1. The van der Waals surface area contributed by atoms with E-state index in [4.69, 9.17) is 16.0 Å². The second kappa shape index (κ2) is 11.7. The van der Waals surface area contributed by atoms with Gasteiger partial charge in [-0.15, -0.1) is 10.2 Å². The molecule has 0 unspecified atom stereocenters. The summed E-state index contributed by atoms with van der Waals surface area (Å²) in [6.45, 7) is 3.26. The highest BCUT2D eigenvalue weighted by molar-refractivity contribution is 7.89. The first-order chi connectivity index (χ1) is 19.8. The van der Waals surface area contributed by atoms with E-state index in [0.717, 1.165) is 55.9 Å². The van der Waals surface area contributed by atoms with Crippen LogP contribution in [0.25, 0.3) is 0 Å². The van der Waals surface area contributed by atoms with Gasteiger partial charge in [0.1, 0.15) is 0 Å². The molecule has 1 aliphatic carbocycles. The predicted molar refractivity (Wildman–Crippen MR) is 159 cm³/mol. The average Bonchev–Trinajstić information content (AvgIpc) is 3.46. The Morgan fingerprint density at radius 2 is 1.61 bits per heavy atom. The van der Waals surface area contributed by atoms with Crippen molar-refractivity contribution in [2.45, 2.75) is 41.9 Å². The highest BCUT2D eigenvalue weighted by Gasteiger charge is 2.56. The van der Waals surface area contributed by atoms with Crippen LogP contribution in [0, 0.1) is 5.92 Å². The van der Waals surface area contributed by atoms with Crippen LogP contribution in [0.1, 0.15) is 48.1 Å². The van der Waals surface area contributed by atoms with Crippen molar-refractivity contribution in [3.05, 3.63) is 113 Å². The van der Waals surface area contributed by atoms with E-state index in [1.165, 1.54) is 4.31 Å². The number of aromatic nitrogens is 2. The lowest BCUT2D eigenvalue weighted by molar-refractivity contribution is 0.186. The Morgan fingerprint density at radius 3 is 2.29 bits per heavy atom. The minimum Gasteiger partial charge on any atom is -0.425 e. The zero-order valence-electron chi connectivity index (χ0n) is 23.2. The third kappa shape index (κ3) is 6.11. The summed E-state index contributed by atoms with van der Waals surface area (Å²) in [7, 11) is -1.90. The molecule has 0 N–H and O–H groups in total. The Labute approximate surface area is 247 Å². The van der Waals surface area contributed by atoms with Crippen LogP contribution in [0.15, 0.2) is 94.2 Å². The minimum absolute atomic E-state index is 0.239. The molecule has 1 aromatic heterocycles. The molecule has 1 saturated heterocycles. The van der Waals surface area contributed by atoms with Gasteiger partial charge in [-0.3, -0.25) is 0 Å². The van der Waals surface area contributed by atoms with Crippen molar-refractivity contribution in [3.63, 3.8) is 0 Å². The third-order valence-corrected chi connectivity index (χ3v) is 10.8. The van der Waals surface area contributed by atoms with Gasteiger partial charge in [-0.25, -0.2) is 12.7 Å². The Bertz CT molecular complexity index is 1560. The normalized spacial score (nSPS) is 21.8. The van der Waals surface area contributed by atoms with Gasteiger partial charge in [0.05, 0.1) is 11.3 Å². The fourth-order valence-corrected chi connectivity index (χ4v) is 7.63. The summed E-state index contributed by atoms with van der Waals surface area (Å²) >= 11 is 6.21. The Morgan fingerprint density at radius 1 is 0.951 bits per heavy atom. The Kier molecular flexibility index (Phi) is 8.01. The van der Waals surface area contributed by atoms with Crippen molar-refractivity contribution < 1.29 is 12.8 Å². The number of piperidine rings is 1. The van der Waals surface area contributed by atoms with E-state index >= 15 is 0 Å². The van der Waals surface area contributed by atoms with Crippen molar-refractivity contribution in [1.82, 2.24) is 19.4 Å². The lowest BCUT2D eigenvalue weighted by Crippen LogP contribution is -2.39. The van der Waals surface area contributed by atoms with Gasteiger partial charge in [-0.2, -0.15) is 0 Å². The molecule has 2 atom stereocenters. The van der Waals surface area contributed by atoms with Crippen molar-refractivity contribution >= 4 is 21.6 Å². The number of nitrogens with zero attached hydrogens (tertiary/aromatic N) is 4. The van der Waals surface area contributed by atoms with E-state index in [-0.39, 0.29) is 11.3 Å². The summed E-state index contributed by atoms with van der Waals surface area (Å²) in [5.74, 6) is 2.03. The number of benzene rings is 3. The molecule has 214 valence electrons. The van der Waals surface area contributed by atoms with Gasteiger partial charge >= 0.3 is 0 Å². The van der Waals surface area contributed by atoms with Gasteiger partial charge in [0.25, 0.3) is 0 Å². The molecule has 0 spiro atoms. The fraction of sp³-hybridized carbons (Fsp3) is 0.375. The van der Waals surface area contributed by atoms with E-state index in [0.29, 0.717) is 34.7 Å². The fourth-order valence-electron chi connectivity index (χ4n) is 6.24. The zero-order chi connectivity index (χ0) is 28.5. The van der Waals surface area contributed by atoms with Gasteiger partial charge in [0.15, 0.2) is 0 Å². The molecule has 2 fully saturated rings. The van der Waals surface area contributed by atoms with E-state index in [1.54, 1.807) is 31.3 Å². The van der Waals surface area contributed by atoms with E-state index in [2.05, 4.69) is 39.4 Å². The lowest BCUT2D eigenvalue weighted by Gasteiger charge is -2.32. The maximum atomic E-state index is 13.4. The maximum Gasteiger partial charge on any atom is 0.242 e. The maximum absolute atomic E-state index is 13.4. The summed E-state index contributed by atoms with van der Waals surface area (Å²) in [5, 5.41) is 9.36.